The van der Waals surface area contributed by atoms with Crippen molar-refractivity contribution in [2.24, 2.45) is 0 Å². The maximum absolute atomic E-state index is 12.1. The topological polar surface area (TPSA) is 47.6 Å². The van der Waals surface area contributed by atoms with Gasteiger partial charge in [0.15, 0.2) is 6.10 Å². The Kier molecular flexibility index (Phi) is 6.72. The summed E-state index contributed by atoms with van der Waals surface area (Å²) in [6.45, 7) is 5.79. The fourth-order valence-electron chi connectivity index (χ4n) is 2.77. The van der Waals surface area contributed by atoms with Crippen LogP contribution in [0, 0.1) is 0 Å². The Morgan fingerprint density at radius 3 is 2.95 bits per heavy atom. The average molecular weight is 305 g/mol. The van der Waals surface area contributed by atoms with Crippen LogP contribution >= 0.6 is 0 Å². The molecule has 1 atom stereocenters. The zero-order chi connectivity index (χ0) is 15.8. The van der Waals surface area contributed by atoms with Gasteiger partial charge in [-0.15, -0.1) is 0 Å². The van der Waals surface area contributed by atoms with E-state index in [0.717, 1.165) is 25.0 Å². The first-order chi connectivity index (χ1) is 10.7. The molecule has 0 saturated carbocycles. The molecule has 1 aromatic rings. The van der Waals surface area contributed by atoms with Crippen LogP contribution in [0.3, 0.4) is 0 Å². The van der Waals surface area contributed by atoms with Crippen molar-refractivity contribution in [3.05, 3.63) is 29.3 Å². The van der Waals surface area contributed by atoms with E-state index in [0.29, 0.717) is 19.8 Å². The lowest BCUT2D eigenvalue weighted by atomic mass is 9.91. The number of amides is 1. The molecule has 1 amide bonds. The van der Waals surface area contributed by atoms with E-state index in [1.807, 2.05) is 19.1 Å². The first-order valence-electron chi connectivity index (χ1n) is 8.35. The maximum atomic E-state index is 12.1. The number of fused-ring (bicyclic) bond motifs is 1. The third-order valence-corrected chi connectivity index (χ3v) is 3.99. The van der Waals surface area contributed by atoms with Gasteiger partial charge in [0.2, 0.25) is 0 Å². The van der Waals surface area contributed by atoms with Gasteiger partial charge in [-0.3, -0.25) is 4.79 Å². The van der Waals surface area contributed by atoms with Crippen molar-refractivity contribution in [1.82, 2.24) is 5.32 Å². The lowest BCUT2D eigenvalue weighted by Gasteiger charge is -2.22. The number of aryl methyl sites for hydroxylation is 1. The van der Waals surface area contributed by atoms with Crippen LogP contribution in [0.15, 0.2) is 18.2 Å². The molecule has 0 bridgehead atoms. The van der Waals surface area contributed by atoms with E-state index in [-0.39, 0.29) is 5.91 Å². The standard InChI is InChI=1S/C18H27NO3/c1-3-21-13-7-12-19-18(20)14(2)22-17-11-6-9-15-8-4-5-10-16(15)17/h6,9,11,14H,3-5,7-8,10,12-13H2,1-2H3,(H,19,20). The van der Waals surface area contributed by atoms with Gasteiger partial charge in [0.25, 0.3) is 5.91 Å². The summed E-state index contributed by atoms with van der Waals surface area (Å²) in [6, 6.07) is 6.16. The summed E-state index contributed by atoms with van der Waals surface area (Å²) in [7, 11) is 0. The van der Waals surface area contributed by atoms with Crippen LogP contribution in [0.5, 0.6) is 5.75 Å². The van der Waals surface area contributed by atoms with Crippen LogP contribution < -0.4 is 10.1 Å². The molecule has 4 heteroatoms. The molecule has 0 saturated heterocycles. The van der Waals surface area contributed by atoms with E-state index < -0.39 is 6.10 Å². The van der Waals surface area contributed by atoms with Gasteiger partial charge in [-0.2, -0.15) is 0 Å². The van der Waals surface area contributed by atoms with Crippen molar-refractivity contribution in [2.75, 3.05) is 19.8 Å². The summed E-state index contributed by atoms with van der Waals surface area (Å²) in [5.74, 6) is 0.805. The first-order valence-corrected chi connectivity index (χ1v) is 8.35. The van der Waals surface area contributed by atoms with E-state index in [2.05, 4.69) is 11.4 Å². The Morgan fingerprint density at radius 2 is 2.14 bits per heavy atom. The van der Waals surface area contributed by atoms with Crippen molar-refractivity contribution in [3.8, 4) is 5.75 Å². The number of rotatable bonds is 8. The maximum Gasteiger partial charge on any atom is 0.260 e. The Labute approximate surface area is 133 Å². The molecule has 0 aromatic heterocycles. The normalized spacial score (nSPS) is 15.0. The smallest absolute Gasteiger partial charge is 0.260 e. The molecule has 1 unspecified atom stereocenters. The highest BCUT2D eigenvalue weighted by atomic mass is 16.5. The van der Waals surface area contributed by atoms with Crippen LogP contribution in [0.1, 0.15) is 44.2 Å². The van der Waals surface area contributed by atoms with Gasteiger partial charge in [-0.05, 0) is 63.1 Å². The number of nitrogens with one attached hydrogen (secondary N) is 1. The Hall–Kier alpha value is -1.55. The van der Waals surface area contributed by atoms with Crippen LogP contribution in [0.25, 0.3) is 0 Å². The number of benzene rings is 1. The zero-order valence-electron chi connectivity index (χ0n) is 13.7. The van der Waals surface area contributed by atoms with E-state index >= 15 is 0 Å². The number of carbonyl (C=O) groups is 1. The van der Waals surface area contributed by atoms with Crippen molar-refractivity contribution < 1.29 is 14.3 Å². The first kappa shape index (κ1) is 16.8. The second kappa shape index (κ2) is 8.79. The summed E-state index contributed by atoms with van der Waals surface area (Å²) in [5.41, 5.74) is 2.65. The van der Waals surface area contributed by atoms with Gasteiger partial charge in [-0.25, -0.2) is 0 Å². The predicted octanol–water partition coefficient (Wildman–Crippen LogP) is 2.88. The molecular weight excluding hydrogens is 278 g/mol. The summed E-state index contributed by atoms with van der Waals surface area (Å²) in [5, 5.41) is 2.90. The van der Waals surface area contributed by atoms with E-state index in [4.69, 9.17) is 9.47 Å². The molecule has 1 aliphatic carbocycles. The molecule has 4 nitrogen and oxygen atoms in total. The molecular formula is C18H27NO3. The van der Waals surface area contributed by atoms with Crippen LogP contribution in [-0.2, 0) is 22.4 Å². The quantitative estimate of drug-likeness (QED) is 0.751. The fourth-order valence-corrected chi connectivity index (χ4v) is 2.77. The summed E-state index contributed by atoms with van der Waals surface area (Å²) in [4.78, 5) is 12.1. The lowest BCUT2D eigenvalue weighted by molar-refractivity contribution is -0.127. The van der Waals surface area contributed by atoms with Crippen molar-refractivity contribution >= 4 is 5.91 Å². The van der Waals surface area contributed by atoms with Crippen molar-refractivity contribution in [2.45, 2.75) is 52.1 Å². The summed E-state index contributed by atoms with van der Waals surface area (Å²) in [6.07, 6.45) is 4.96. The van der Waals surface area contributed by atoms with Gasteiger partial charge >= 0.3 is 0 Å². The number of ether oxygens (including phenoxy) is 2. The Morgan fingerprint density at radius 1 is 1.32 bits per heavy atom. The predicted molar refractivity (Wildman–Crippen MR) is 87.3 cm³/mol. The van der Waals surface area contributed by atoms with E-state index in [1.165, 1.54) is 24.0 Å². The highest BCUT2D eigenvalue weighted by Gasteiger charge is 2.18. The summed E-state index contributed by atoms with van der Waals surface area (Å²) >= 11 is 0. The summed E-state index contributed by atoms with van der Waals surface area (Å²) < 4.78 is 11.2. The van der Waals surface area contributed by atoms with Crippen molar-refractivity contribution in [3.63, 3.8) is 0 Å². The second-order valence-corrected chi connectivity index (χ2v) is 5.70. The monoisotopic (exact) mass is 305 g/mol. The SMILES string of the molecule is CCOCCCNC(=O)C(C)Oc1cccc2c1CCCC2. The molecule has 0 spiro atoms. The molecule has 0 aliphatic heterocycles. The molecule has 2 rings (SSSR count). The third-order valence-electron chi connectivity index (χ3n) is 3.99. The Balaban J connectivity index is 1.84. The number of carbonyl (C=O) groups excluding carboxylic acids is 1. The Bertz CT molecular complexity index is 487. The van der Waals surface area contributed by atoms with Crippen LogP contribution in [0.2, 0.25) is 0 Å². The van der Waals surface area contributed by atoms with Crippen molar-refractivity contribution in [1.29, 1.82) is 0 Å². The minimum absolute atomic E-state index is 0.0649. The largest absolute Gasteiger partial charge is 0.481 e. The second-order valence-electron chi connectivity index (χ2n) is 5.70. The molecule has 0 radical (unpaired) electrons. The van der Waals surface area contributed by atoms with Gasteiger partial charge < -0.3 is 14.8 Å². The third kappa shape index (κ3) is 4.73. The van der Waals surface area contributed by atoms with E-state index in [9.17, 15) is 4.79 Å². The van der Waals surface area contributed by atoms with E-state index in [1.54, 1.807) is 6.92 Å². The minimum atomic E-state index is -0.472. The average Bonchev–Trinajstić information content (AvgIpc) is 2.54. The molecule has 1 aliphatic rings. The highest BCUT2D eigenvalue weighted by Crippen LogP contribution is 2.30. The fraction of sp³-hybridized carbons (Fsp3) is 0.611. The van der Waals surface area contributed by atoms with Crippen LogP contribution in [0.4, 0.5) is 0 Å². The molecule has 22 heavy (non-hydrogen) atoms. The number of hydrogen-bond donors (Lipinski definition) is 1. The lowest BCUT2D eigenvalue weighted by Crippen LogP contribution is -2.37. The molecule has 0 heterocycles. The zero-order valence-corrected chi connectivity index (χ0v) is 13.7. The van der Waals surface area contributed by atoms with Gasteiger partial charge in [0, 0.05) is 19.8 Å². The van der Waals surface area contributed by atoms with Gasteiger partial charge in [0.1, 0.15) is 5.75 Å². The minimum Gasteiger partial charge on any atom is -0.481 e. The van der Waals surface area contributed by atoms with Gasteiger partial charge in [0.05, 0.1) is 0 Å². The molecule has 1 aromatic carbocycles. The molecule has 0 fully saturated rings. The highest BCUT2D eigenvalue weighted by molar-refractivity contribution is 5.80. The molecule has 122 valence electrons. The number of hydrogen-bond acceptors (Lipinski definition) is 3. The van der Waals surface area contributed by atoms with Gasteiger partial charge in [-0.1, -0.05) is 12.1 Å². The molecule has 1 N–H and O–H groups in total. The van der Waals surface area contributed by atoms with Crippen LogP contribution in [-0.4, -0.2) is 31.8 Å².